The van der Waals surface area contributed by atoms with Gasteiger partial charge in [-0.1, -0.05) is 19.9 Å². The first-order valence-electron chi connectivity index (χ1n) is 4.73. The Bertz CT molecular complexity index is 351. The summed E-state index contributed by atoms with van der Waals surface area (Å²) in [6, 6.07) is 5.22. The van der Waals surface area contributed by atoms with Crippen LogP contribution in [-0.2, 0) is 6.42 Å². The SMILES string of the molecule is Cc1cc(CC(C)C)cc(F)c1C#N. The fourth-order valence-corrected chi connectivity index (χ4v) is 1.55. The predicted molar refractivity (Wildman–Crippen MR) is 54.4 cm³/mol. The Morgan fingerprint density at radius 3 is 2.50 bits per heavy atom. The van der Waals surface area contributed by atoms with Crippen molar-refractivity contribution in [3.63, 3.8) is 0 Å². The predicted octanol–water partition coefficient (Wildman–Crippen LogP) is 3.20. The molecule has 1 aromatic rings. The minimum absolute atomic E-state index is 0.164. The maximum atomic E-state index is 13.3. The van der Waals surface area contributed by atoms with Gasteiger partial charge in [-0.25, -0.2) is 4.39 Å². The molecule has 1 nitrogen and oxygen atoms in total. The molecule has 0 heterocycles. The van der Waals surface area contributed by atoms with Crippen LogP contribution in [0.2, 0.25) is 0 Å². The average molecular weight is 191 g/mol. The summed E-state index contributed by atoms with van der Waals surface area (Å²) in [5, 5.41) is 8.68. The van der Waals surface area contributed by atoms with Crippen molar-refractivity contribution in [1.82, 2.24) is 0 Å². The van der Waals surface area contributed by atoms with Gasteiger partial charge in [0.25, 0.3) is 0 Å². The van der Waals surface area contributed by atoms with Gasteiger partial charge >= 0.3 is 0 Å². The number of nitriles is 1. The lowest BCUT2D eigenvalue weighted by Gasteiger charge is -2.07. The van der Waals surface area contributed by atoms with Crippen LogP contribution in [0.1, 0.15) is 30.5 Å². The Balaban J connectivity index is 3.09. The number of hydrogen-bond acceptors (Lipinski definition) is 1. The zero-order valence-corrected chi connectivity index (χ0v) is 8.76. The summed E-state index contributed by atoms with van der Waals surface area (Å²) in [5.41, 5.74) is 1.86. The summed E-state index contributed by atoms with van der Waals surface area (Å²) >= 11 is 0. The van der Waals surface area contributed by atoms with E-state index in [0.717, 1.165) is 17.5 Å². The average Bonchev–Trinajstić information content (AvgIpc) is 2.01. The molecule has 0 amide bonds. The summed E-state index contributed by atoms with van der Waals surface area (Å²) in [7, 11) is 0. The van der Waals surface area contributed by atoms with Crippen LogP contribution in [0.4, 0.5) is 4.39 Å². The van der Waals surface area contributed by atoms with Crippen LogP contribution in [0.15, 0.2) is 12.1 Å². The molecule has 0 saturated carbocycles. The molecule has 0 saturated heterocycles. The van der Waals surface area contributed by atoms with Gasteiger partial charge < -0.3 is 0 Å². The second-order valence-corrected chi connectivity index (χ2v) is 3.98. The number of nitrogens with zero attached hydrogens (tertiary/aromatic N) is 1. The number of hydrogen-bond donors (Lipinski definition) is 0. The summed E-state index contributed by atoms with van der Waals surface area (Å²) in [6.45, 7) is 5.95. The standard InChI is InChI=1S/C12H14FN/c1-8(2)4-10-5-9(3)11(7-14)12(13)6-10/h5-6,8H,4H2,1-3H3. The normalized spacial score (nSPS) is 10.3. The van der Waals surface area contributed by atoms with Crippen molar-refractivity contribution in [2.75, 3.05) is 0 Å². The highest BCUT2D eigenvalue weighted by Gasteiger charge is 2.08. The van der Waals surface area contributed by atoms with Crippen LogP contribution in [0.3, 0.4) is 0 Å². The van der Waals surface area contributed by atoms with Crippen LogP contribution in [-0.4, -0.2) is 0 Å². The second kappa shape index (κ2) is 4.23. The lowest BCUT2D eigenvalue weighted by Crippen LogP contribution is -1.98. The first-order valence-corrected chi connectivity index (χ1v) is 4.73. The topological polar surface area (TPSA) is 23.8 Å². The van der Waals surface area contributed by atoms with E-state index in [2.05, 4.69) is 13.8 Å². The van der Waals surface area contributed by atoms with Crippen molar-refractivity contribution in [1.29, 1.82) is 5.26 Å². The number of rotatable bonds is 2. The maximum Gasteiger partial charge on any atom is 0.141 e. The third-order valence-corrected chi connectivity index (χ3v) is 2.10. The molecule has 0 atom stereocenters. The number of halogens is 1. The van der Waals surface area contributed by atoms with E-state index in [1.807, 2.05) is 12.1 Å². The molecule has 0 aliphatic carbocycles. The van der Waals surface area contributed by atoms with Crippen molar-refractivity contribution in [2.45, 2.75) is 27.2 Å². The Kier molecular flexibility index (Phi) is 3.24. The van der Waals surface area contributed by atoms with E-state index < -0.39 is 5.82 Å². The molecule has 0 radical (unpaired) electrons. The zero-order chi connectivity index (χ0) is 10.7. The van der Waals surface area contributed by atoms with Gasteiger partial charge in [0.2, 0.25) is 0 Å². The minimum atomic E-state index is -0.400. The van der Waals surface area contributed by atoms with E-state index in [-0.39, 0.29) is 5.56 Å². The number of aryl methyl sites for hydroxylation is 1. The molecule has 0 unspecified atom stereocenters. The van der Waals surface area contributed by atoms with E-state index in [0.29, 0.717) is 5.92 Å². The molecule has 0 N–H and O–H groups in total. The van der Waals surface area contributed by atoms with Gasteiger partial charge in [0, 0.05) is 0 Å². The first kappa shape index (κ1) is 10.7. The Hall–Kier alpha value is -1.36. The van der Waals surface area contributed by atoms with Crippen LogP contribution >= 0.6 is 0 Å². The van der Waals surface area contributed by atoms with Crippen molar-refractivity contribution < 1.29 is 4.39 Å². The molecule has 0 spiro atoms. The molecule has 0 aliphatic rings. The van der Waals surface area contributed by atoms with Crippen LogP contribution in [0.25, 0.3) is 0 Å². The first-order chi connectivity index (χ1) is 6.54. The largest absolute Gasteiger partial charge is 0.206 e. The second-order valence-electron chi connectivity index (χ2n) is 3.98. The minimum Gasteiger partial charge on any atom is -0.206 e. The van der Waals surface area contributed by atoms with Crippen LogP contribution in [0, 0.1) is 30.0 Å². The molecule has 0 fully saturated rings. The molecular formula is C12H14FN. The Labute approximate surface area is 84.2 Å². The highest BCUT2D eigenvalue weighted by molar-refractivity contribution is 5.40. The Morgan fingerprint density at radius 2 is 2.07 bits per heavy atom. The molecule has 0 aromatic heterocycles. The summed E-state index contributed by atoms with van der Waals surface area (Å²) < 4.78 is 13.3. The highest BCUT2D eigenvalue weighted by Crippen LogP contribution is 2.17. The van der Waals surface area contributed by atoms with E-state index in [1.165, 1.54) is 6.07 Å². The number of benzene rings is 1. The van der Waals surface area contributed by atoms with Gasteiger partial charge in [0.1, 0.15) is 11.9 Å². The van der Waals surface area contributed by atoms with Crippen molar-refractivity contribution in [2.24, 2.45) is 5.92 Å². The summed E-state index contributed by atoms with van der Waals surface area (Å²) in [5.74, 6) is 0.102. The maximum absolute atomic E-state index is 13.3. The summed E-state index contributed by atoms with van der Waals surface area (Å²) in [4.78, 5) is 0. The fraction of sp³-hybridized carbons (Fsp3) is 0.417. The van der Waals surface area contributed by atoms with Crippen LogP contribution < -0.4 is 0 Å². The van der Waals surface area contributed by atoms with E-state index in [4.69, 9.17) is 5.26 Å². The smallest absolute Gasteiger partial charge is 0.141 e. The molecule has 0 aliphatic heterocycles. The fourth-order valence-electron chi connectivity index (χ4n) is 1.55. The third kappa shape index (κ3) is 2.32. The van der Waals surface area contributed by atoms with E-state index >= 15 is 0 Å². The lowest BCUT2D eigenvalue weighted by atomic mass is 9.98. The van der Waals surface area contributed by atoms with Crippen molar-refractivity contribution in [3.8, 4) is 6.07 Å². The third-order valence-electron chi connectivity index (χ3n) is 2.10. The van der Waals surface area contributed by atoms with Crippen molar-refractivity contribution in [3.05, 3.63) is 34.6 Å². The van der Waals surface area contributed by atoms with E-state index in [1.54, 1.807) is 6.92 Å². The Morgan fingerprint density at radius 1 is 1.43 bits per heavy atom. The van der Waals surface area contributed by atoms with Gasteiger partial charge in [0.05, 0.1) is 5.56 Å². The molecule has 1 aromatic carbocycles. The molecule has 0 bridgehead atoms. The monoisotopic (exact) mass is 191 g/mol. The van der Waals surface area contributed by atoms with Crippen molar-refractivity contribution >= 4 is 0 Å². The van der Waals surface area contributed by atoms with Gasteiger partial charge in [-0.3, -0.25) is 0 Å². The summed E-state index contributed by atoms with van der Waals surface area (Å²) in [6.07, 6.45) is 0.851. The molecule has 1 rings (SSSR count). The zero-order valence-electron chi connectivity index (χ0n) is 8.76. The van der Waals surface area contributed by atoms with Gasteiger partial charge in [-0.05, 0) is 36.5 Å². The molecule has 2 heteroatoms. The van der Waals surface area contributed by atoms with Gasteiger partial charge in [0.15, 0.2) is 0 Å². The molecule has 14 heavy (non-hydrogen) atoms. The van der Waals surface area contributed by atoms with Crippen LogP contribution in [0.5, 0.6) is 0 Å². The van der Waals surface area contributed by atoms with Gasteiger partial charge in [-0.15, -0.1) is 0 Å². The molecular weight excluding hydrogens is 177 g/mol. The lowest BCUT2D eigenvalue weighted by molar-refractivity contribution is 0.608. The van der Waals surface area contributed by atoms with E-state index in [9.17, 15) is 4.39 Å². The molecule has 74 valence electrons. The quantitative estimate of drug-likeness (QED) is 0.704. The highest BCUT2D eigenvalue weighted by atomic mass is 19.1. The van der Waals surface area contributed by atoms with Gasteiger partial charge in [-0.2, -0.15) is 5.26 Å².